The minimum atomic E-state index is -2.64. The van der Waals surface area contributed by atoms with Gasteiger partial charge in [0.05, 0.1) is 13.2 Å². The molecule has 0 aliphatic rings. The molecule has 0 amide bonds. The first kappa shape index (κ1) is 39.1. The Hall–Kier alpha value is 0.600. The predicted octanol–water partition coefficient (Wildman–Crippen LogP) is -0.242. The van der Waals surface area contributed by atoms with Crippen molar-refractivity contribution in [2.24, 2.45) is 0 Å². The van der Waals surface area contributed by atoms with Crippen molar-refractivity contribution in [2.75, 3.05) is 66.5 Å². The molecule has 0 aromatic carbocycles. The molecule has 0 spiro atoms. The van der Waals surface area contributed by atoms with Crippen LogP contribution in [0.15, 0.2) is 0 Å². The molecule has 28 heavy (non-hydrogen) atoms. The maximum absolute atomic E-state index is 9.77. The van der Waals surface area contributed by atoms with E-state index in [4.69, 9.17) is 40.0 Å². The SMILES string of the molecule is CP(C)(=O)O.CP(C)(=O)O.CP(C)(=O)O.CP(C)(=O)O.OCC(O)C(O)CO. The molecule has 2 atom stereocenters. The van der Waals surface area contributed by atoms with E-state index in [1.54, 1.807) is 0 Å². The Morgan fingerprint density at radius 1 is 0.500 bits per heavy atom. The van der Waals surface area contributed by atoms with E-state index in [9.17, 15) is 18.3 Å². The second kappa shape index (κ2) is 18.4. The number of aliphatic hydroxyl groups excluding tert-OH is 4. The van der Waals surface area contributed by atoms with E-state index >= 15 is 0 Å². The highest BCUT2D eigenvalue weighted by Crippen LogP contribution is 2.28. The summed E-state index contributed by atoms with van der Waals surface area (Å²) in [5.41, 5.74) is 0. The van der Waals surface area contributed by atoms with E-state index in [1.807, 2.05) is 0 Å². The fourth-order valence-corrected chi connectivity index (χ4v) is 0.243. The lowest BCUT2D eigenvalue weighted by Crippen LogP contribution is -2.31. The third-order valence-electron chi connectivity index (χ3n) is 0.818. The molecule has 0 rings (SSSR count). The zero-order chi connectivity index (χ0) is 24.6. The van der Waals surface area contributed by atoms with Crippen LogP contribution in [0.3, 0.4) is 0 Å². The van der Waals surface area contributed by atoms with Crippen molar-refractivity contribution in [1.82, 2.24) is 0 Å². The Morgan fingerprint density at radius 2 is 0.571 bits per heavy atom. The number of hydrogen-bond donors (Lipinski definition) is 8. The van der Waals surface area contributed by atoms with Crippen molar-refractivity contribution < 1.29 is 58.3 Å². The van der Waals surface area contributed by atoms with Crippen LogP contribution in [0.5, 0.6) is 0 Å². The molecule has 12 nitrogen and oxygen atoms in total. The molecule has 0 aliphatic carbocycles. The summed E-state index contributed by atoms with van der Waals surface area (Å²) in [6.07, 6.45) is -2.44. The Balaban J connectivity index is -0.0000000802. The monoisotopic (exact) mass is 498 g/mol. The minimum absolute atomic E-state index is 0.526. The van der Waals surface area contributed by atoms with Gasteiger partial charge >= 0.3 is 0 Å². The van der Waals surface area contributed by atoms with Crippen LogP contribution in [-0.2, 0) is 18.3 Å². The Morgan fingerprint density at radius 3 is 0.607 bits per heavy atom. The highest BCUT2D eigenvalue weighted by Gasteiger charge is 2.12. The molecule has 0 saturated carbocycles. The maximum atomic E-state index is 9.77. The van der Waals surface area contributed by atoms with Crippen LogP contribution in [-0.4, -0.2) is 119 Å². The van der Waals surface area contributed by atoms with Crippen LogP contribution in [0.2, 0.25) is 0 Å². The second-order valence-corrected chi connectivity index (χ2v) is 17.0. The van der Waals surface area contributed by atoms with Gasteiger partial charge < -0.3 is 40.0 Å². The van der Waals surface area contributed by atoms with E-state index in [-0.39, 0.29) is 0 Å². The third-order valence-corrected chi connectivity index (χ3v) is 0.818. The Labute approximate surface area is 167 Å². The van der Waals surface area contributed by atoms with Gasteiger partial charge in [-0.2, -0.15) is 0 Å². The summed E-state index contributed by atoms with van der Waals surface area (Å²) in [5, 5.41) is 33.2. The minimum Gasteiger partial charge on any atom is -0.394 e. The molecule has 0 aromatic rings. The maximum Gasteiger partial charge on any atom is 0.194 e. The lowest BCUT2D eigenvalue weighted by molar-refractivity contribution is -0.0388. The van der Waals surface area contributed by atoms with Gasteiger partial charge in [-0.25, -0.2) is 0 Å². The summed E-state index contributed by atoms with van der Waals surface area (Å²) in [6, 6.07) is 0. The van der Waals surface area contributed by atoms with Crippen LogP contribution >= 0.6 is 29.5 Å². The average Bonchev–Trinajstić information content (AvgIpc) is 2.28. The average molecular weight is 498 g/mol. The number of rotatable bonds is 3. The van der Waals surface area contributed by atoms with Gasteiger partial charge in [0.15, 0.2) is 29.5 Å². The lowest BCUT2D eigenvalue weighted by atomic mass is 10.2. The van der Waals surface area contributed by atoms with E-state index < -0.39 is 54.9 Å². The first-order valence-corrected chi connectivity index (χ1v) is 17.6. The molecule has 16 heteroatoms. The van der Waals surface area contributed by atoms with Gasteiger partial charge in [-0.1, -0.05) is 0 Å². The molecule has 0 aromatic heterocycles. The van der Waals surface area contributed by atoms with Crippen LogP contribution in [0, 0.1) is 0 Å². The van der Waals surface area contributed by atoms with Gasteiger partial charge in [-0.05, 0) is 0 Å². The first-order chi connectivity index (χ1) is 11.7. The first-order valence-electron chi connectivity index (χ1n) is 7.41. The van der Waals surface area contributed by atoms with Gasteiger partial charge in [0, 0.05) is 53.3 Å². The van der Waals surface area contributed by atoms with Crippen molar-refractivity contribution in [3.63, 3.8) is 0 Å². The Kier molecular flexibility index (Phi) is 25.7. The van der Waals surface area contributed by atoms with Crippen molar-refractivity contribution in [3.8, 4) is 0 Å². The molecule has 0 aliphatic heterocycles. The fraction of sp³-hybridized carbons (Fsp3) is 1.00. The molecule has 178 valence electrons. The zero-order valence-electron chi connectivity index (χ0n) is 17.6. The van der Waals surface area contributed by atoms with E-state index in [1.165, 1.54) is 53.3 Å². The van der Waals surface area contributed by atoms with Crippen molar-refractivity contribution in [2.45, 2.75) is 12.2 Å². The lowest BCUT2D eigenvalue weighted by Gasteiger charge is -2.10. The van der Waals surface area contributed by atoms with Crippen molar-refractivity contribution in [3.05, 3.63) is 0 Å². The predicted molar refractivity (Wildman–Crippen MR) is 113 cm³/mol. The van der Waals surface area contributed by atoms with Gasteiger partial charge in [-0.3, -0.25) is 18.3 Å². The van der Waals surface area contributed by atoms with Gasteiger partial charge in [0.25, 0.3) is 0 Å². The van der Waals surface area contributed by atoms with Crippen molar-refractivity contribution >= 4 is 29.5 Å². The summed E-state index contributed by atoms with van der Waals surface area (Å²) in [6.45, 7) is 9.34. The van der Waals surface area contributed by atoms with Crippen LogP contribution in [0.25, 0.3) is 0 Å². The van der Waals surface area contributed by atoms with Gasteiger partial charge in [0.2, 0.25) is 0 Å². The normalized spacial score (nSPS) is 13.6. The molecule has 8 N–H and O–H groups in total. The highest BCUT2D eigenvalue weighted by molar-refractivity contribution is 7.57. The zero-order valence-corrected chi connectivity index (χ0v) is 21.1. The molecular weight excluding hydrogens is 460 g/mol. The molecule has 0 saturated heterocycles. The molecule has 0 fully saturated rings. The van der Waals surface area contributed by atoms with E-state index in [0.717, 1.165) is 0 Å². The van der Waals surface area contributed by atoms with E-state index in [0.29, 0.717) is 0 Å². The summed E-state index contributed by atoms with van der Waals surface area (Å²) < 4.78 is 39.1. The number of aliphatic hydroxyl groups is 4. The quantitative estimate of drug-likeness (QED) is 0.236. The Bertz CT molecular complexity index is 408. The summed E-state index contributed by atoms with van der Waals surface area (Å²) in [7, 11) is -10.6. The molecular formula is C12H38O12P4. The molecule has 0 radical (unpaired) electrons. The van der Waals surface area contributed by atoms with Crippen LogP contribution < -0.4 is 0 Å². The third kappa shape index (κ3) is 236. The fourth-order valence-electron chi connectivity index (χ4n) is 0.243. The number of hydrogen-bond acceptors (Lipinski definition) is 8. The highest BCUT2D eigenvalue weighted by atomic mass is 31.2. The molecule has 0 bridgehead atoms. The second-order valence-electron chi connectivity index (χ2n) is 6.68. The van der Waals surface area contributed by atoms with Gasteiger partial charge in [-0.15, -0.1) is 0 Å². The van der Waals surface area contributed by atoms with Gasteiger partial charge in [0.1, 0.15) is 12.2 Å². The van der Waals surface area contributed by atoms with Crippen LogP contribution in [0.1, 0.15) is 0 Å². The van der Waals surface area contributed by atoms with Crippen LogP contribution in [0.4, 0.5) is 0 Å². The smallest absolute Gasteiger partial charge is 0.194 e. The van der Waals surface area contributed by atoms with E-state index in [2.05, 4.69) is 0 Å². The molecule has 0 heterocycles. The van der Waals surface area contributed by atoms with Crippen molar-refractivity contribution in [1.29, 1.82) is 0 Å². The summed E-state index contributed by atoms with van der Waals surface area (Å²) >= 11 is 0. The summed E-state index contributed by atoms with van der Waals surface area (Å²) in [5.74, 6) is 0. The molecule has 2 unspecified atom stereocenters. The largest absolute Gasteiger partial charge is 0.394 e. The summed E-state index contributed by atoms with van der Waals surface area (Å²) in [4.78, 5) is 32.3. The standard InChI is InChI=1S/C4H10O4.4C2H7O2P/c5-1-3(7)4(8)2-6;4*1-5(2,3)4/h3-8H,1-2H2;4*1-2H3,(H,3,4). The topological polar surface area (TPSA) is 230 Å².